The molecular weight excluding hydrogens is 335 g/mol. The van der Waals surface area contributed by atoms with E-state index in [-0.39, 0.29) is 5.92 Å². The number of carbonyl (C=O) groups is 1. The Labute approximate surface area is 120 Å². The topological polar surface area (TPSA) is 17.1 Å². The average Bonchev–Trinajstić information content (AvgIpc) is 3.20. The number of rotatable bonds is 3. The molecule has 2 unspecified atom stereocenters. The van der Waals surface area contributed by atoms with Crippen LogP contribution >= 0.6 is 22.6 Å². The van der Waals surface area contributed by atoms with Crippen LogP contribution in [0.1, 0.15) is 28.3 Å². The molecule has 1 aliphatic rings. The lowest BCUT2D eigenvalue weighted by Gasteiger charge is -2.03. The van der Waals surface area contributed by atoms with E-state index < -0.39 is 0 Å². The number of ketones is 1. The normalized spacial score (nSPS) is 21.6. The molecule has 1 nitrogen and oxygen atoms in total. The van der Waals surface area contributed by atoms with Gasteiger partial charge >= 0.3 is 0 Å². The summed E-state index contributed by atoms with van der Waals surface area (Å²) < 4.78 is 1.05. The lowest BCUT2D eigenvalue weighted by molar-refractivity contribution is 0.0964. The van der Waals surface area contributed by atoms with Gasteiger partial charge in [0.1, 0.15) is 0 Å². The number of halogens is 1. The summed E-state index contributed by atoms with van der Waals surface area (Å²) in [4.78, 5) is 12.4. The predicted octanol–water partition coefficient (Wildman–Crippen LogP) is 4.28. The molecular formula is C16H13IO. The van der Waals surface area contributed by atoms with Gasteiger partial charge in [-0.2, -0.15) is 0 Å². The molecule has 2 heteroatoms. The highest BCUT2D eigenvalue weighted by atomic mass is 127. The van der Waals surface area contributed by atoms with Crippen LogP contribution in [0.3, 0.4) is 0 Å². The molecule has 1 fully saturated rings. The van der Waals surface area contributed by atoms with E-state index in [1.807, 2.05) is 42.5 Å². The minimum absolute atomic E-state index is 0.184. The lowest BCUT2D eigenvalue weighted by atomic mass is 10.0. The lowest BCUT2D eigenvalue weighted by Crippen LogP contribution is -2.05. The predicted molar refractivity (Wildman–Crippen MR) is 80.8 cm³/mol. The van der Waals surface area contributed by atoms with Gasteiger partial charge in [-0.3, -0.25) is 4.79 Å². The minimum Gasteiger partial charge on any atom is -0.294 e. The summed E-state index contributed by atoms with van der Waals surface area (Å²) in [7, 11) is 0. The van der Waals surface area contributed by atoms with Gasteiger partial charge in [-0.1, -0.05) is 48.5 Å². The Morgan fingerprint density at radius 2 is 1.67 bits per heavy atom. The van der Waals surface area contributed by atoms with Crippen molar-refractivity contribution in [2.24, 2.45) is 5.92 Å². The Bertz CT molecular complexity index is 577. The SMILES string of the molecule is O=C(c1ccccc1I)C1CC1c1ccccc1. The Morgan fingerprint density at radius 3 is 2.39 bits per heavy atom. The first-order valence-corrected chi connectivity index (χ1v) is 7.19. The monoisotopic (exact) mass is 348 g/mol. The van der Waals surface area contributed by atoms with E-state index in [1.165, 1.54) is 5.56 Å². The van der Waals surface area contributed by atoms with Crippen LogP contribution in [0.4, 0.5) is 0 Å². The third-order valence-electron chi connectivity index (χ3n) is 3.49. The zero-order valence-corrected chi connectivity index (χ0v) is 12.0. The minimum atomic E-state index is 0.184. The van der Waals surface area contributed by atoms with Crippen molar-refractivity contribution < 1.29 is 4.79 Å². The number of benzene rings is 2. The molecule has 0 radical (unpaired) electrons. The largest absolute Gasteiger partial charge is 0.294 e. The maximum Gasteiger partial charge on any atom is 0.167 e. The third kappa shape index (κ3) is 2.21. The second kappa shape index (κ2) is 4.84. The van der Waals surface area contributed by atoms with Gasteiger partial charge in [0.25, 0.3) is 0 Å². The van der Waals surface area contributed by atoms with Crippen LogP contribution in [0.15, 0.2) is 54.6 Å². The molecule has 0 bridgehead atoms. The summed E-state index contributed by atoms with van der Waals surface area (Å²) in [6, 6.07) is 18.2. The standard InChI is InChI=1S/C16H13IO/c17-15-9-5-4-8-12(15)16(18)14-10-13(14)11-6-2-1-3-7-11/h1-9,13-14H,10H2. The van der Waals surface area contributed by atoms with Crippen LogP contribution in [-0.4, -0.2) is 5.78 Å². The maximum atomic E-state index is 12.4. The average molecular weight is 348 g/mol. The maximum absolute atomic E-state index is 12.4. The molecule has 0 amide bonds. The van der Waals surface area contributed by atoms with E-state index in [9.17, 15) is 4.79 Å². The highest BCUT2D eigenvalue weighted by Crippen LogP contribution is 2.49. The molecule has 0 aromatic heterocycles. The molecule has 1 aliphatic carbocycles. The molecule has 3 rings (SSSR count). The first kappa shape index (κ1) is 11.9. The van der Waals surface area contributed by atoms with Crippen molar-refractivity contribution in [3.63, 3.8) is 0 Å². The molecule has 0 spiro atoms. The summed E-state index contributed by atoms with van der Waals surface area (Å²) in [5.41, 5.74) is 2.17. The van der Waals surface area contributed by atoms with Crippen LogP contribution in [-0.2, 0) is 0 Å². The second-order valence-electron chi connectivity index (χ2n) is 4.70. The molecule has 18 heavy (non-hydrogen) atoms. The zero-order chi connectivity index (χ0) is 12.5. The highest BCUT2D eigenvalue weighted by Gasteiger charge is 2.44. The molecule has 0 saturated heterocycles. The van der Waals surface area contributed by atoms with Crippen molar-refractivity contribution in [3.05, 3.63) is 69.3 Å². The first-order chi connectivity index (χ1) is 8.77. The van der Waals surface area contributed by atoms with Crippen molar-refractivity contribution in [1.82, 2.24) is 0 Å². The van der Waals surface area contributed by atoms with Gasteiger partial charge in [0, 0.05) is 15.1 Å². The smallest absolute Gasteiger partial charge is 0.167 e. The number of Topliss-reactive ketones (excluding diaryl/α,β-unsaturated/α-hetero) is 1. The van der Waals surface area contributed by atoms with E-state index in [0.29, 0.717) is 11.7 Å². The number of hydrogen-bond donors (Lipinski definition) is 0. The summed E-state index contributed by atoms with van der Waals surface area (Å²) in [6.07, 6.45) is 0.994. The Hall–Kier alpha value is -1.16. The van der Waals surface area contributed by atoms with Gasteiger partial charge < -0.3 is 0 Å². The van der Waals surface area contributed by atoms with Gasteiger partial charge in [-0.05, 0) is 46.6 Å². The van der Waals surface area contributed by atoms with E-state index in [0.717, 1.165) is 15.6 Å². The van der Waals surface area contributed by atoms with Crippen LogP contribution in [0.5, 0.6) is 0 Å². The van der Waals surface area contributed by atoms with Crippen LogP contribution < -0.4 is 0 Å². The van der Waals surface area contributed by atoms with Crippen LogP contribution in [0.2, 0.25) is 0 Å². The Balaban J connectivity index is 1.80. The second-order valence-corrected chi connectivity index (χ2v) is 5.87. The summed E-state index contributed by atoms with van der Waals surface area (Å²) in [5, 5.41) is 0. The quantitative estimate of drug-likeness (QED) is 0.598. The van der Waals surface area contributed by atoms with Gasteiger partial charge in [0.15, 0.2) is 5.78 Å². The molecule has 0 aliphatic heterocycles. The summed E-state index contributed by atoms with van der Waals surface area (Å²) in [6.45, 7) is 0. The summed E-state index contributed by atoms with van der Waals surface area (Å²) in [5.74, 6) is 0.909. The molecule has 1 saturated carbocycles. The fourth-order valence-corrected chi connectivity index (χ4v) is 3.07. The Morgan fingerprint density at radius 1 is 1.00 bits per heavy atom. The third-order valence-corrected chi connectivity index (χ3v) is 4.43. The van der Waals surface area contributed by atoms with E-state index in [2.05, 4.69) is 34.7 Å². The van der Waals surface area contributed by atoms with Gasteiger partial charge in [-0.25, -0.2) is 0 Å². The fraction of sp³-hybridized carbons (Fsp3) is 0.188. The van der Waals surface area contributed by atoms with Crippen molar-refractivity contribution in [1.29, 1.82) is 0 Å². The van der Waals surface area contributed by atoms with Crippen LogP contribution in [0, 0.1) is 9.49 Å². The molecule has 0 N–H and O–H groups in total. The van der Waals surface area contributed by atoms with Crippen molar-refractivity contribution in [2.45, 2.75) is 12.3 Å². The summed E-state index contributed by atoms with van der Waals surface area (Å²) >= 11 is 2.24. The molecule has 90 valence electrons. The van der Waals surface area contributed by atoms with E-state index >= 15 is 0 Å². The molecule has 2 aromatic carbocycles. The van der Waals surface area contributed by atoms with E-state index in [4.69, 9.17) is 0 Å². The van der Waals surface area contributed by atoms with Gasteiger partial charge in [0.05, 0.1) is 0 Å². The van der Waals surface area contributed by atoms with Crippen molar-refractivity contribution in [3.8, 4) is 0 Å². The Kier molecular flexibility index (Phi) is 3.20. The highest BCUT2D eigenvalue weighted by molar-refractivity contribution is 14.1. The van der Waals surface area contributed by atoms with Gasteiger partial charge in [-0.15, -0.1) is 0 Å². The van der Waals surface area contributed by atoms with E-state index in [1.54, 1.807) is 0 Å². The number of hydrogen-bond acceptors (Lipinski definition) is 1. The van der Waals surface area contributed by atoms with Crippen LogP contribution in [0.25, 0.3) is 0 Å². The molecule has 2 aromatic rings. The fourth-order valence-electron chi connectivity index (χ4n) is 2.41. The van der Waals surface area contributed by atoms with Gasteiger partial charge in [0.2, 0.25) is 0 Å². The van der Waals surface area contributed by atoms with Crippen molar-refractivity contribution >= 4 is 28.4 Å². The first-order valence-electron chi connectivity index (χ1n) is 6.11. The van der Waals surface area contributed by atoms with Crippen molar-refractivity contribution in [2.75, 3.05) is 0 Å². The zero-order valence-electron chi connectivity index (χ0n) is 9.84. The number of carbonyl (C=O) groups excluding carboxylic acids is 1. The molecule has 2 atom stereocenters. The molecule has 0 heterocycles.